The van der Waals surface area contributed by atoms with E-state index in [-0.39, 0.29) is 5.82 Å². The zero-order chi connectivity index (χ0) is 12.4. The summed E-state index contributed by atoms with van der Waals surface area (Å²) in [6, 6.07) is 4.49. The fraction of sp³-hybridized carbons (Fsp3) is 0.167. The van der Waals surface area contributed by atoms with Crippen molar-refractivity contribution in [1.82, 2.24) is 9.97 Å². The van der Waals surface area contributed by atoms with E-state index in [0.717, 1.165) is 0 Å². The van der Waals surface area contributed by atoms with Crippen LogP contribution in [-0.4, -0.2) is 9.97 Å². The van der Waals surface area contributed by atoms with Gasteiger partial charge < -0.3 is 4.74 Å². The molecule has 0 saturated heterocycles. The molecule has 1 aromatic carbocycles. The number of ether oxygens (including phenoxy) is 1. The van der Waals surface area contributed by atoms with Crippen molar-refractivity contribution in [3.8, 4) is 11.6 Å². The second kappa shape index (κ2) is 4.67. The van der Waals surface area contributed by atoms with Crippen LogP contribution in [0.25, 0.3) is 0 Å². The lowest BCUT2D eigenvalue weighted by Gasteiger charge is -2.08. The van der Waals surface area contributed by atoms with Crippen molar-refractivity contribution in [2.75, 3.05) is 0 Å². The van der Waals surface area contributed by atoms with Crippen LogP contribution >= 0.6 is 11.6 Å². The molecule has 0 spiro atoms. The Labute approximate surface area is 103 Å². The molecule has 0 aliphatic rings. The molecule has 2 rings (SSSR count). The minimum absolute atomic E-state index is 0.269. The number of hydrogen-bond acceptors (Lipinski definition) is 3. The number of aryl methyl sites for hydroxylation is 1. The summed E-state index contributed by atoms with van der Waals surface area (Å²) in [5, 5.41) is 0.342. The number of rotatable bonds is 2. The average molecular weight is 253 g/mol. The first-order valence-corrected chi connectivity index (χ1v) is 5.37. The van der Waals surface area contributed by atoms with Crippen molar-refractivity contribution in [3.63, 3.8) is 0 Å². The van der Waals surface area contributed by atoms with Gasteiger partial charge in [0, 0.05) is 5.56 Å². The molecule has 3 nitrogen and oxygen atoms in total. The second-order valence-corrected chi connectivity index (χ2v) is 3.97. The van der Waals surface area contributed by atoms with E-state index in [9.17, 15) is 4.39 Å². The summed E-state index contributed by atoms with van der Waals surface area (Å²) in [6.45, 7) is 3.43. The van der Waals surface area contributed by atoms with Crippen LogP contribution in [0.2, 0.25) is 5.15 Å². The predicted octanol–water partition coefficient (Wildman–Crippen LogP) is 3.68. The largest absolute Gasteiger partial charge is 0.439 e. The first-order chi connectivity index (χ1) is 8.08. The highest BCUT2D eigenvalue weighted by atomic mass is 35.5. The van der Waals surface area contributed by atoms with E-state index in [0.29, 0.717) is 27.9 Å². The van der Waals surface area contributed by atoms with Gasteiger partial charge in [0.25, 0.3) is 0 Å². The van der Waals surface area contributed by atoms with Gasteiger partial charge in [-0.1, -0.05) is 11.6 Å². The van der Waals surface area contributed by atoms with Crippen LogP contribution in [0.3, 0.4) is 0 Å². The molecule has 0 aliphatic carbocycles. The normalized spacial score (nSPS) is 10.4. The molecule has 88 valence electrons. The van der Waals surface area contributed by atoms with Crippen LogP contribution < -0.4 is 4.74 Å². The number of halogens is 2. The molecule has 0 atom stereocenters. The highest BCUT2D eigenvalue weighted by molar-refractivity contribution is 6.30. The molecule has 0 unspecified atom stereocenters. The molecule has 0 N–H and O–H groups in total. The summed E-state index contributed by atoms with van der Waals surface area (Å²) in [7, 11) is 0. The SMILES string of the molecule is Cc1cc(Oc2ncnc(Cl)c2C)ccc1F. The molecule has 0 bridgehead atoms. The maximum Gasteiger partial charge on any atom is 0.226 e. The van der Waals surface area contributed by atoms with Crippen LogP contribution in [-0.2, 0) is 0 Å². The smallest absolute Gasteiger partial charge is 0.226 e. The van der Waals surface area contributed by atoms with E-state index in [1.165, 1.54) is 18.5 Å². The third kappa shape index (κ3) is 2.53. The molecule has 0 amide bonds. The monoisotopic (exact) mass is 252 g/mol. The van der Waals surface area contributed by atoms with Gasteiger partial charge in [0.1, 0.15) is 23.0 Å². The zero-order valence-electron chi connectivity index (χ0n) is 9.37. The molecule has 1 heterocycles. The Bertz CT molecular complexity index is 560. The maximum atomic E-state index is 13.1. The molecule has 0 fully saturated rings. The van der Waals surface area contributed by atoms with Crippen molar-refractivity contribution in [3.05, 3.63) is 46.6 Å². The lowest BCUT2D eigenvalue weighted by Crippen LogP contribution is -1.94. The molecular weight excluding hydrogens is 243 g/mol. The highest BCUT2D eigenvalue weighted by Crippen LogP contribution is 2.26. The number of aromatic nitrogens is 2. The van der Waals surface area contributed by atoms with Crippen LogP contribution in [0, 0.1) is 19.7 Å². The molecular formula is C12H10ClFN2O. The Morgan fingerprint density at radius 3 is 2.71 bits per heavy atom. The van der Waals surface area contributed by atoms with Gasteiger partial charge in [0.2, 0.25) is 5.88 Å². The Balaban J connectivity index is 2.31. The topological polar surface area (TPSA) is 35.0 Å². The highest BCUT2D eigenvalue weighted by Gasteiger charge is 2.08. The van der Waals surface area contributed by atoms with Gasteiger partial charge in [-0.15, -0.1) is 0 Å². The van der Waals surface area contributed by atoms with Gasteiger partial charge in [0.05, 0.1) is 0 Å². The fourth-order valence-corrected chi connectivity index (χ4v) is 1.43. The summed E-state index contributed by atoms with van der Waals surface area (Å²) in [6.07, 6.45) is 1.32. The Kier molecular flexibility index (Phi) is 3.24. The molecule has 0 aliphatic heterocycles. The Morgan fingerprint density at radius 1 is 1.24 bits per heavy atom. The lowest BCUT2D eigenvalue weighted by molar-refractivity contribution is 0.455. The van der Waals surface area contributed by atoms with Crippen LogP contribution in [0.1, 0.15) is 11.1 Å². The number of nitrogens with zero attached hydrogens (tertiary/aromatic N) is 2. The first-order valence-electron chi connectivity index (χ1n) is 4.99. The van der Waals surface area contributed by atoms with Gasteiger partial charge in [-0.2, -0.15) is 0 Å². The first kappa shape index (κ1) is 11.8. The standard InChI is InChI=1S/C12H10ClFN2O/c1-7-5-9(3-4-10(7)14)17-12-8(2)11(13)15-6-16-12/h3-6H,1-2H3. The van der Waals surface area contributed by atoms with Crippen LogP contribution in [0.15, 0.2) is 24.5 Å². The van der Waals surface area contributed by atoms with E-state index in [1.807, 2.05) is 0 Å². The molecule has 0 radical (unpaired) electrons. The van der Waals surface area contributed by atoms with Crippen molar-refractivity contribution < 1.29 is 9.13 Å². The fourth-order valence-electron chi connectivity index (χ4n) is 1.31. The van der Waals surface area contributed by atoms with E-state index < -0.39 is 0 Å². The van der Waals surface area contributed by atoms with Crippen LogP contribution in [0.4, 0.5) is 4.39 Å². The minimum atomic E-state index is -0.269. The molecule has 0 saturated carbocycles. The predicted molar refractivity (Wildman–Crippen MR) is 63.0 cm³/mol. The average Bonchev–Trinajstić information content (AvgIpc) is 2.30. The van der Waals surface area contributed by atoms with Gasteiger partial charge in [-0.3, -0.25) is 0 Å². The summed E-state index contributed by atoms with van der Waals surface area (Å²) in [5.41, 5.74) is 1.16. The van der Waals surface area contributed by atoms with E-state index in [2.05, 4.69) is 9.97 Å². The van der Waals surface area contributed by atoms with E-state index in [4.69, 9.17) is 16.3 Å². The molecule has 5 heteroatoms. The maximum absolute atomic E-state index is 13.1. The van der Waals surface area contributed by atoms with Gasteiger partial charge in [-0.25, -0.2) is 14.4 Å². The zero-order valence-corrected chi connectivity index (χ0v) is 10.1. The van der Waals surface area contributed by atoms with E-state index >= 15 is 0 Å². The summed E-state index contributed by atoms with van der Waals surface area (Å²) in [4.78, 5) is 7.80. The quantitative estimate of drug-likeness (QED) is 0.765. The minimum Gasteiger partial charge on any atom is -0.439 e. The van der Waals surface area contributed by atoms with Crippen molar-refractivity contribution >= 4 is 11.6 Å². The summed E-state index contributed by atoms with van der Waals surface area (Å²) >= 11 is 5.85. The van der Waals surface area contributed by atoms with Crippen molar-refractivity contribution in [2.24, 2.45) is 0 Å². The third-order valence-corrected chi connectivity index (χ3v) is 2.70. The molecule has 2 aromatic rings. The number of hydrogen-bond donors (Lipinski definition) is 0. The van der Waals surface area contributed by atoms with Crippen molar-refractivity contribution in [1.29, 1.82) is 0 Å². The van der Waals surface area contributed by atoms with Crippen molar-refractivity contribution in [2.45, 2.75) is 13.8 Å². The van der Waals surface area contributed by atoms with Crippen LogP contribution in [0.5, 0.6) is 11.6 Å². The number of benzene rings is 1. The lowest BCUT2D eigenvalue weighted by atomic mass is 10.2. The molecule has 17 heavy (non-hydrogen) atoms. The van der Waals surface area contributed by atoms with Gasteiger partial charge in [-0.05, 0) is 37.6 Å². The van der Waals surface area contributed by atoms with Gasteiger partial charge in [0.15, 0.2) is 0 Å². The summed E-state index contributed by atoms with van der Waals surface area (Å²) in [5.74, 6) is 0.618. The Morgan fingerprint density at radius 2 is 2.00 bits per heavy atom. The second-order valence-electron chi connectivity index (χ2n) is 3.61. The Hall–Kier alpha value is -1.68. The summed E-state index contributed by atoms with van der Waals surface area (Å²) < 4.78 is 18.6. The molecule has 1 aromatic heterocycles. The van der Waals surface area contributed by atoms with E-state index in [1.54, 1.807) is 19.9 Å². The third-order valence-electron chi connectivity index (χ3n) is 2.32. The van der Waals surface area contributed by atoms with Gasteiger partial charge >= 0.3 is 0 Å².